The molecule has 0 saturated heterocycles. The summed E-state index contributed by atoms with van der Waals surface area (Å²) >= 11 is 1.60. The number of hydrogen-bond acceptors (Lipinski definition) is 6. The van der Waals surface area contributed by atoms with Crippen molar-refractivity contribution in [1.29, 1.82) is 10.5 Å². The third-order valence-electron chi connectivity index (χ3n) is 4.84. The van der Waals surface area contributed by atoms with Gasteiger partial charge in [-0.25, -0.2) is 9.97 Å². The summed E-state index contributed by atoms with van der Waals surface area (Å²) in [5.41, 5.74) is 5.21. The van der Waals surface area contributed by atoms with Gasteiger partial charge in [0, 0.05) is 29.3 Å². The molecule has 0 unspecified atom stereocenters. The molecule has 0 bridgehead atoms. The number of aromatic nitrogens is 2. The molecule has 0 aliphatic heterocycles. The summed E-state index contributed by atoms with van der Waals surface area (Å²) in [7, 11) is 0. The fourth-order valence-corrected chi connectivity index (χ4v) is 4.15. The number of rotatable bonds is 5. The van der Waals surface area contributed by atoms with Crippen molar-refractivity contribution >= 4 is 33.8 Å². The Morgan fingerprint density at radius 3 is 1.84 bits per heavy atom. The van der Waals surface area contributed by atoms with Crippen molar-refractivity contribution in [3.63, 3.8) is 0 Å². The third kappa shape index (κ3) is 4.57. The second-order valence-corrected chi connectivity index (χ2v) is 8.33. The maximum absolute atomic E-state index is 8.91. The molecule has 5 nitrogen and oxygen atoms in total. The number of allylic oxidation sites excluding steroid dienone is 1. The minimum Gasteiger partial charge on any atom is -0.302 e. The van der Waals surface area contributed by atoms with Crippen LogP contribution in [0.5, 0.6) is 0 Å². The number of aryl methyl sites for hydroxylation is 2. The van der Waals surface area contributed by atoms with E-state index in [1.807, 2.05) is 18.2 Å². The molecule has 0 fully saturated rings. The van der Waals surface area contributed by atoms with E-state index < -0.39 is 0 Å². The van der Waals surface area contributed by atoms with Crippen LogP contribution in [-0.4, -0.2) is 9.97 Å². The first kappa shape index (κ1) is 21.0. The molecule has 0 aliphatic carbocycles. The Kier molecular flexibility index (Phi) is 6.07. The SMILES string of the molecule is Cc1ccc(N(c2ccc(C)cc2)c2ccc(-c3ncc(C=C(C#N)C#N)cn3)s2)cc1. The molecule has 0 aliphatic rings. The Bertz CT molecular complexity index is 1270. The van der Waals surface area contributed by atoms with Crippen molar-refractivity contribution in [2.24, 2.45) is 0 Å². The van der Waals surface area contributed by atoms with E-state index in [9.17, 15) is 0 Å². The van der Waals surface area contributed by atoms with Crippen LogP contribution < -0.4 is 4.90 Å². The Morgan fingerprint density at radius 1 is 0.812 bits per heavy atom. The van der Waals surface area contributed by atoms with E-state index in [-0.39, 0.29) is 5.57 Å². The average molecular weight is 434 g/mol. The number of anilines is 3. The number of benzene rings is 2. The molecule has 0 N–H and O–H groups in total. The molecule has 0 saturated carbocycles. The van der Waals surface area contributed by atoms with Gasteiger partial charge in [0.2, 0.25) is 0 Å². The first-order valence-corrected chi connectivity index (χ1v) is 10.8. The lowest BCUT2D eigenvalue weighted by atomic mass is 10.1. The fraction of sp³-hybridized carbons (Fsp3) is 0.0769. The Morgan fingerprint density at radius 2 is 1.34 bits per heavy atom. The van der Waals surface area contributed by atoms with Gasteiger partial charge in [0.1, 0.15) is 22.7 Å². The Hall–Kier alpha value is -4.26. The second-order valence-electron chi connectivity index (χ2n) is 7.27. The summed E-state index contributed by atoms with van der Waals surface area (Å²) in [6.45, 7) is 4.16. The molecule has 0 amide bonds. The number of nitrogens with zero attached hydrogens (tertiary/aromatic N) is 5. The van der Waals surface area contributed by atoms with Gasteiger partial charge in [-0.05, 0) is 56.3 Å². The molecule has 0 radical (unpaired) electrons. The maximum atomic E-state index is 8.91. The van der Waals surface area contributed by atoms with Crippen LogP contribution in [0.3, 0.4) is 0 Å². The van der Waals surface area contributed by atoms with Crippen LogP contribution in [0.4, 0.5) is 16.4 Å². The Labute approximate surface area is 191 Å². The predicted octanol–water partition coefficient (Wildman–Crippen LogP) is 6.72. The van der Waals surface area contributed by atoms with E-state index in [4.69, 9.17) is 10.5 Å². The molecule has 4 rings (SSSR count). The van der Waals surface area contributed by atoms with Crippen LogP contribution in [0.1, 0.15) is 16.7 Å². The van der Waals surface area contributed by atoms with Gasteiger partial charge in [-0.1, -0.05) is 35.4 Å². The summed E-state index contributed by atoms with van der Waals surface area (Å²) < 4.78 is 0. The molecule has 0 spiro atoms. The van der Waals surface area contributed by atoms with Crippen molar-refractivity contribution in [1.82, 2.24) is 9.97 Å². The van der Waals surface area contributed by atoms with Crippen LogP contribution in [0, 0.1) is 36.5 Å². The van der Waals surface area contributed by atoms with Gasteiger partial charge in [-0.2, -0.15) is 10.5 Å². The highest BCUT2D eigenvalue weighted by molar-refractivity contribution is 7.19. The van der Waals surface area contributed by atoms with E-state index in [0.29, 0.717) is 11.4 Å². The van der Waals surface area contributed by atoms with Crippen LogP contribution in [0.2, 0.25) is 0 Å². The van der Waals surface area contributed by atoms with Gasteiger partial charge in [-0.3, -0.25) is 0 Å². The molecular formula is C26H19N5S. The van der Waals surface area contributed by atoms with Crippen molar-refractivity contribution in [3.05, 3.63) is 95.3 Å². The molecule has 154 valence electrons. The first-order valence-electron chi connectivity index (χ1n) is 9.95. The van der Waals surface area contributed by atoms with E-state index >= 15 is 0 Å². The molecule has 6 heteroatoms. The van der Waals surface area contributed by atoms with E-state index in [2.05, 4.69) is 83.3 Å². The average Bonchev–Trinajstić information content (AvgIpc) is 3.30. The van der Waals surface area contributed by atoms with Gasteiger partial charge in [0.25, 0.3) is 0 Å². The van der Waals surface area contributed by atoms with Gasteiger partial charge in [0.15, 0.2) is 5.82 Å². The summed E-state index contributed by atoms with van der Waals surface area (Å²) in [6.07, 6.45) is 4.71. The highest BCUT2D eigenvalue weighted by atomic mass is 32.1. The van der Waals surface area contributed by atoms with Crippen LogP contribution >= 0.6 is 11.3 Å². The van der Waals surface area contributed by atoms with Crippen molar-refractivity contribution in [3.8, 4) is 22.8 Å². The Balaban J connectivity index is 1.69. The lowest BCUT2D eigenvalue weighted by Crippen LogP contribution is -2.08. The molecule has 2 aromatic carbocycles. The zero-order valence-corrected chi connectivity index (χ0v) is 18.5. The minimum atomic E-state index is 0.0200. The zero-order valence-electron chi connectivity index (χ0n) is 17.6. The van der Waals surface area contributed by atoms with Gasteiger partial charge in [-0.15, -0.1) is 11.3 Å². The van der Waals surface area contributed by atoms with Crippen molar-refractivity contribution in [2.75, 3.05) is 4.90 Å². The van der Waals surface area contributed by atoms with Gasteiger partial charge >= 0.3 is 0 Å². The summed E-state index contributed by atoms with van der Waals surface area (Å²) in [5.74, 6) is 0.599. The molecule has 0 atom stereocenters. The number of nitriles is 2. The maximum Gasteiger partial charge on any atom is 0.169 e. The second kappa shape index (κ2) is 9.26. The zero-order chi connectivity index (χ0) is 22.5. The van der Waals surface area contributed by atoms with E-state index in [0.717, 1.165) is 21.3 Å². The van der Waals surface area contributed by atoms with Crippen LogP contribution in [0.15, 0.2) is 78.6 Å². The van der Waals surface area contributed by atoms with Crippen LogP contribution in [0.25, 0.3) is 16.8 Å². The molecule has 2 aromatic heterocycles. The minimum absolute atomic E-state index is 0.0200. The smallest absolute Gasteiger partial charge is 0.169 e. The molecule has 4 aromatic rings. The molecule has 32 heavy (non-hydrogen) atoms. The molecular weight excluding hydrogens is 414 g/mol. The first-order chi connectivity index (χ1) is 15.6. The monoisotopic (exact) mass is 433 g/mol. The van der Waals surface area contributed by atoms with Crippen LogP contribution in [-0.2, 0) is 0 Å². The lowest BCUT2D eigenvalue weighted by Gasteiger charge is -2.23. The van der Waals surface area contributed by atoms with E-state index in [1.165, 1.54) is 17.2 Å². The highest BCUT2D eigenvalue weighted by Gasteiger charge is 2.16. The summed E-state index contributed by atoms with van der Waals surface area (Å²) in [5, 5.41) is 18.9. The number of thiophene rings is 1. The largest absolute Gasteiger partial charge is 0.302 e. The number of hydrogen-bond donors (Lipinski definition) is 0. The normalized spacial score (nSPS) is 10.1. The van der Waals surface area contributed by atoms with Crippen molar-refractivity contribution < 1.29 is 0 Å². The van der Waals surface area contributed by atoms with Gasteiger partial charge in [0.05, 0.1) is 4.88 Å². The van der Waals surface area contributed by atoms with E-state index in [1.54, 1.807) is 23.7 Å². The standard InChI is InChI=1S/C26H19N5S/c1-18-3-7-22(8-4-18)31(23-9-5-19(2)6-10-23)25-12-11-24(32-25)26-29-16-21(17-30-26)13-20(14-27)15-28/h3-13,16-17H,1-2H3. The topological polar surface area (TPSA) is 76.6 Å². The quantitative estimate of drug-likeness (QED) is 0.326. The lowest BCUT2D eigenvalue weighted by molar-refractivity contribution is 1.18. The van der Waals surface area contributed by atoms with Gasteiger partial charge < -0.3 is 4.90 Å². The fourth-order valence-electron chi connectivity index (χ4n) is 3.16. The van der Waals surface area contributed by atoms with Crippen molar-refractivity contribution in [2.45, 2.75) is 13.8 Å². The summed E-state index contributed by atoms with van der Waals surface area (Å²) in [6, 6.07) is 24.7. The highest BCUT2D eigenvalue weighted by Crippen LogP contribution is 2.41. The third-order valence-corrected chi connectivity index (χ3v) is 5.91. The summed E-state index contributed by atoms with van der Waals surface area (Å²) in [4.78, 5) is 12.0. The molecule has 2 heterocycles. The predicted molar refractivity (Wildman–Crippen MR) is 129 cm³/mol.